The molecule has 3 nitrogen and oxygen atoms in total. The van der Waals surface area contributed by atoms with Gasteiger partial charge in [0, 0.05) is 12.5 Å². The van der Waals surface area contributed by atoms with Gasteiger partial charge in [0.1, 0.15) is 0 Å². The van der Waals surface area contributed by atoms with Crippen molar-refractivity contribution in [2.45, 2.75) is 90.6 Å². The first-order chi connectivity index (χ1) is 9.92. The van der Waals surface area contributed by atoms with Crippen molar-refractivity contribution in [2.75, 3.05) is 0 Å². The lowest BCUT2D eigenvalue weighted by molar-refractivity contribution is -0.122. The van der Waals surface area contributed by atoms with Crippen molar-refractivity contribution in [1.29, 1.82) is 0 Å². The predicted octanol–water partition coefficient (Wildman–Crippen LogP) is 4.11. The molecule has 1 atom stereocenters. The van der Waals surface area contributed by atoms with Crippen molar-refractivity contribution in [3.8, 4) is 0 Å². The van der Waals surface area contributed by atoms with E-state index < -0.39 is 0 Å². The molecule has 0 spiro atoms. The summed E-state index contributed by atoms with van der Waals surface area (Å²) in [5.41, 5.74) is 0.430. The van der Waals surface area contributed by atoms with Gasteiger partial charge in [-0.15, -0.1) is 0 Å². The molecule has 1 amide bonds. The maximum absolute atomic E-state index is 12.1. The molecule has 1 N–H and O–H groups in total. The summed E-state index contributed by atoms with van der Waals surface area (Å²) in [7, 11) is 0. The van der Waals surface area contributed by atoms with Crippen LogP contribution in [0.5, 0.6) is 0 Å². The number of nitrogens with one attached hydrogen (secondary N) is 1. The van der Waals surface area contributed by atoms with Crippen molar-refractivity contribution in [1.82, 2.24) is 5.32 Å². The Morgan fingerprint density at radius 2 is 1.90 bits per heavy atom. The number of hydrogen-bond acceptors (Lipinski definition) is 2. The van der Waals surface area contributed by atoms with Gasteiger partial charge in [-0.05, 0) is 68.9 Å². The maximum Gasteiger partial charge on any atom is 0.222 e. The Balaban J connectivity index is 1.67. The third kappa shape index (κ3) is 6.19. The average molecular weight is 292 g/mol. The van der Waals surface area contributed by atoms with Gasteiger partial charge in [0.15, 0.2) is 0 Å². The molecule has 1 aliphatic carbocycles. The zero-order valence-corrected chi connectivity index (χ0v) is 14.0. The van der Waals surface area contributed by atoms with Gasteiger partial charge >= 0.3 is 0 Å². The monoisotopic (exact) mass is 292 g/mol. The first-order valence-electron chi connectivity index (χ1n) is 8.73. The van der Waals surface area contributed by atoms with Crippen molar-refractivity contribution in [2.24, 2.45) is 16.3 Å². The molecule has 0 aromatic carbocycles. The Bertz CT molecular complexity index is 362. The molecule has 0 radical (unpaired) electrons. The van der Waals surface area contributed by atoms with Crippen LogP contribution in [-0.4, -0.2) is 24.2 Å². The van der Waals surface area contributed by atoms with Crippen molar-refractivity contribution in [3.63, 3.8) is 0 Å². The van der Waals surface area contributed by atoms with Crippen LogP contribution in [0.15, 0.2) is 4.99 Å². The quantitative estimate of drug-likeness (QED) is 0.832. The van der Waals surface area contributed by atoms with Gasteiger partial charge < -0.3 is 5.32 Å². The van der Waals surface area contributed by atoms with Crippen LogP contribution in [0.3, 0.4) is 0 Å². The molecule has 0 aromatic heterocycles. The Labute approximate surface area is 130 Å². The molecule has 1 aliphatic heterocycles. The highest BCUT2D eigenvalue weighted by Crippen LogP contribution is 2.34. The Morgan fingerprint density at radius 3 is 2.48 bits per heavy atom. The zero-order chi connectivity index (χ0) is 15.3. The van der Waals surface area contributed by atoms with Crippen LogP contribution in [0.4, 0.5) is 0 Å². The lowest BCUT2D eigenvalue weighted by Crippen LogP contribution is -2.39. The highest BCUT2D eigenvalue weighted by Gasteiger charge is 2.26. The lowest BCUT2D eigenvalue weighted by atomic mass is 9.76. The fraction of sp³-hybridized carbons (Fsp3) is 0.889. The highest BCUT2D eigenvalue weighted by molar-refractivity contribution is 5.77. The van der Waals surface area contributed by atoms with E-state index in [1.165, 1.54) is 25.7 Å². The Morgan fingerprint density at radius 1 is 1.19 bits per heavy atom. The van der Waals surface area contributed by atoms with E-state index in [0.29, 0.717) is 17.9 Å². The minimum absolute atomic E-state index is 0.207. The number of hydrogen-bond donors (Lipinski definition) is 1. The van der Waals surface area contributed by atoms with Crippen LogP contribution in [0.2, 0.25) is 0 Å². The second-order valence-corrected chi connectivity index (χ2v) is 8.17. The first-order valence-corrected chi connectivity index (χ1v) is 8.73. The normalized spacial score (nSPS) is 30.1. The van der Waals surface area contributed by atoms with Crippen LogP contribution >= 0.6 is 0 Å². The maximum atomic E-state index is 12.1. The molecule has 1 unspecified atom stereocenters. The van der Waals surface area contributed by atoms with E-state index in [2.05, 4.69) is 31.1 Å². The molecule has 1 fully saturated rings. The topological polar surface area (TPSA) is 41.5 Å². The smallest absolute Gasteiger partial charge is 0.222 e. The van der Waals surface area contributed by atoms with Crippen molar-refractivity contribution < 1.29 is 4.79 Å². The fourth-order valence-corrected chi connectivity index (χ4v) is 3.78. The molecule has 0 saturated heterocycles. The number of rotatable bonds is 4. The summed E-state index contributed by atoms with van der Waals surface area (Å²) in [6, 6.07) is 0.636. The third-order valence-corrected chi connectivity index (χ3v) is 4.72. The number of amides is 1. The summed E-state index contributed by atoms with van der Waals surface area (Å²) in [5.74, 6) is 1.06. The lowest BCUT2D eigenvalue weighted by Gasteiger charge is -2.33. The molecule has 1 saturated carbocycles. The van der Waals surface area contributed by atoms with Crippen LogP contribution in [0, 0.1) is 11.3 Å². The van der Waals surface area contributed by atoms with Crippen molar-refractivity contribution >= 4 is 12.1 Å². The van der Waals surface area contributed by atoms with Gasteiger partial charge in [0.05, 0.1) is 6.04 Å². The summed E-state index contributed by atoms with van der Waals surface area (Å²) in [6.07, 6.45) is 12.0. The van der Waals surface area contributed by atoms with E-state index in [-0.39, 0.29) is 11.9 Å². The molecule has 21 heavy (non-hydrogen) atoms. The standard InChI is InChI=1S/C18H32N2O/c1-18(2,3)13-14-7-9-15(10-8-14)20-17(21)12-16-6-4-5-11-19-16/h11,14-16H,4-10,12-13H2,1-3H3,(H,20,21). The van der Waals surface area contributed by atoms with Gasteiger partial charge in [-0.25, -0.2) is 0 Å². The SMILES string of the molecule is CC(C)(C)CC1CCC(NC(=O)CC2CCCC=N2)CC1. The largest absolute Gasteiger partial charge is 0.353 e. The number of aliphatic imine (C=N–C) groups is 1. The summed E-state index contributed by atoms with van der Waals surface area (Å²) in [6.45, 7) is 6.97. The summed E-state index contributed by atoms with van der Waals surface area (Å²) in [4.78, 5) is 16.5. The Kier molecular flexibility index (Phi) is 5.83. The second kappa shape index (κ2) is 7.42. The molecule has 2 rings (SSSR count). The predicted molar refractivity (Wildman–Crippen MR) is 88.7 cm³/mol. The van der Waals surface area contributed by atoms with Gasteiger partial charge in [-0.2, -0.15) is 0 Å². The average Bonchev–Trinajstić information content (AvgIpc) is 2.40. The third-order valence-electron chi connectivity index (χ3n) is 4.72. The minimum Gasteiger partial charge on any atom is -0.353 e. The van der Waals surface area contributed by atoms with Crippen LogP contribution < -0.4 is 5.32 Å². The molecule has 0 bridgehead atoms. The van der Waals surface area contributed by atoms with E-state index in [1.807, 2.05) is 6.21 Å². The highest BCUT2D eigenvalue weighted by atomic mass is 16.1. The molecular formula is C18H32N2O. The van der Waals surface area contributed by atoms with Crippen LogP contribution in [0.1, 0.15) is 78.6 Å². The van der Waals surface area contributed by atoms with Crippen molar-refractivity contribution in [3.05, 3.63) is 0 Å². The van der Waals surface area contributed by atoms with E-state index in [9.17, 15) is 4.79 Å². The van der Waals surface area contributed by atoms with Gasteiger partial charge in [0.25, 0.3) is 0 Å². The summed E-state index contributed by atoms with van der Waals surface area (Å²) < 4.78 is 0. The molecule has 1 heterocycles. The second-order valence-electron chi connectivity index (χ2n) is 8.17. The summed E-state index contributed by atoms with van der Waals surface area (Å²) >= 11 is 0. The molecule has 3 heteroatoms. The fourth-order valence-electron chi connectivity index (χ4n) is 3.78. The Hall–Kier alpha value is -0.860. The van der Waals surface area contributed by atoms with E-state index >= 15 is 0 Å². The van der Waals surface area contributed by atoms with Gasteiger partial charge in [0.2, 0.25) is 5.91 Å². The molecule has 0 aromatic rings. The van der Waals surface area contributed by atoms with Crippen LogP contribution in [0.25, 0.3) is 0 Å². The minimum atomic E-state index is 0.207. The van der Waals surface area contributed by atoms with Gasteiger partial charge in [-0.1, -0.05) is 20.8 Å². The zero-order valence-electron chi connectivity index (χ0n) is 14.0. The van der Waals surface area contributed by atoms with E-state index in [1.54, 1.807) is 0 Å². The van der Waals surface area contributed by atoms with E-state index in [4.69, 9.17) is 0 Å². The van der Waals surface area contributed by atoms with Crippen LogP contribution in [-0.2, 0) is 4.79 Å². The molecule has 2 aliphatic rings. The van der Waals surface area contributed by atoms with Gasteiger partial charge in [-0.3, -0.25) is 9.79 Å². The molecular weight excluding hydrogens is 260 g/mol. The number of carbonyl (C=O) groups is 1. The number of carbonyl (C=O) groups excluding carboxylic acids is 1. The number of nitrogens with zero attached hydrogens (tertiary/aromatic N) is 1. The summed E-state index contributed by atoms with van der Waals surface area (Å²) in [5, 5.41) is 3.24. The van der Waals surface area contributed by atoms with E-state index in [0.717, 1.165) is 31.6 Å². The first kappa shape index (κ1) is 16.5. The molecule has 120 valence electrons.